The van der Waals surface area contributed by atoms with Crippen LogP contribution in [-0.2, 0) is 14.3 Å². The molecule has 12 heavy (non-hydrogen) atoms. The highest BCUT2D eigenvalue weighted by atomic mass is 35.5. The van der Waals surface area contributed by atoms with Crippen molar-refractivity contribution in [3.05, 3.63) is 0 Å². The fraction of sp³-hybridized carbons (Fsp3) is 0.714. The lowest BCUT2D eigenvalue weighted by Crippen LogP contribution is -2.23. The molecule has 1 saturated carbocycles. The van der Waals surface area contributed by atoms with E-state index >= 15 is 0 Å². The molecule has 3 atom stereocenters. The SMILES string of the molecule is COC(=O)C1(Cl)C(C)C1C(=O)O. The first-order valence-corrected chi connectivity index (χ1v) is 3.84. The number of halogens is 1. The van der Waals surface area contributed by atoms with Gasteiger partial charge in [-0.2, -0.15) is 0 Å². The van der Waals surface area contributed by atoms with Gasteiger partial charge in [0.25, 0.3) is 0 Å². The quantitative estimate of drug-likeness (QED) is 0.511. The van der Waals surface area contributed by atoms with Crippen molar-refractivity contribution in [2.75, 3.05) is 7.11 Å². The Morgan fingerprint density at radius 2 is 2.08 bits per heavy atom. The van der Waals surface area contributed by atoms with Crippen molar-refractivity contribution < 1.29 is 19.4 Å². The lowest BCUT2D eigenvalue weighted by atomic mass is 10.3. The third-order valence-electron chi connectivity index (χ3n) is 2.27. The first-order valence-electron chi connectivity index (χ1n) is 3.46. The second-order valence-corrected chi connectivity index (χ2v) is 3.49. The minimum Gasteiger partial charge on any atom is -0.481 e. The van der Waals surface area contributed by atoms with E-state index in [2.05, 4.69) is 4.74 Å². The molecular weight excluding hydrogens is 184 g/mol. The van der Waals surface area contributed by atoms with E-state index in [1.54, 1.807) is 6.92 Å². The number of alkyl halides is 1. The van der Waals surface area contributed by atoms with Crippen molar-refractivity contribution in [3.8, 4) is 0 Å². The molecule has 1 rings (SSSR count). The second-order valence-electron chi connectivity index (χ2n) is 2.86. The number of carboxylic acid groups (broad SMARTS) is 1. The monoisotopic (exact) mass is 192 g/mol. The Hall–Kier alpha value is -0.770. The van der Waals surface area contributed by atoms with E-state index in [0.717, 1.165) is 0 Å². The maximum Gasteiger partial charge on any atom is 0.328 e. The van der Waals surface area contributed by atoms with E-state index < -0.39 is 22.7 Å². The van der Waals surface area contributed by atoms with Gasteiger partial charge in [-0.25, -0.2) is 0 Å². The van der Waals surface area contributed by atoms with E-state index in [1.165, 1.54) is 7.11 Å². The summed E-state index contributed by atoms with van der Waals surface area (Å²) >= 11 is 5.75. The van der Waals surface area contributed by atoms with Gasteiger partial charge in [0.2, 0.25) is 0 Å². The number of hydrogen-bond acceptors (Lipinski definition) is 3. The highest BCUT2D eigenvalue weighted by Gasteiger charge is 2.71. The van der Waals surface area contributed by atoms with Gasteiger partial charge in [-0.05, 0) is 0 Å². The molecule has 68 valence electrons. The van der Waals surface area contributed by atoms with E-state index in [1.807, 2.05) is 0 Å². The topological polar surface area (TPSA) is 63.6 Å². The molecule has 0 radical (unpaired) electrons. The van der Waals surface area contributed by atoms with E-state index in [-0.39, 0.29) is 5.92 Å². The smallest absolute Gasteiger partial charge is 0.328 e. The number of esters is 1. The minimum atomic E-state index is -1.33. The zero-order valence-corrected chi connectivity index (χ0v) is 7.46. The molecule has 0 aromatic carbocycles. The Morgan fingerprint density at radius 1 is 1.58 bits per heavy atom. The van der Waals surface area contributed by atoms with Crippen molar-refractivity contribution in [1.82, 2.24) is 0 Å². The van der Waals surface area contributed by atoms with Crippen LogP contribution in [0.1, 0.15) is 6.92 Å². The van der Waals surface area contributed by atoms with Crippen LogP contribution in [0.5, 0.6) is 0 Å². The standard InChI is InChI=1S/C7H9ClO4/c1-3-4(5(9)10)7(3,8)6(11)12-2/h3-4H,1-2H3,(H,9,10). The van der Waals surface area contributed by atoms with Gasteiger partial charge >= 0.3 is 11.9 Å². The third-order valence-corrected chi connectivity index (χ3v) is 3.00. The Bertz CT molecular complexity index is 240. The van der Waals surface area contributed by atoms with Gasteiger partial charge in [0, 0.05) is 5.92 Å². The number of hydrogen-bond donors (Lipinski definition) is 1. The summed E-state index contributed by atoms with van der Waals surface area (Å²) in [5.74, 6) is -2.89. The number of carbonyl (C=O) groups excluding carboxylic acids is 1. The van der Waals surface area contributed by atoms with Crippen molar-refractivity contribution in [1.29, 1.82) is 0 Å². The minimum absolute atomic E-state index is 0.357. The van der Waals surface area contributed by atoms with Gasteiger partial charge in [0.05, 0.1) is 13.0 Å². The summed E-state index contributed by atoms with van der Waals surface area (Å²) in [5.41, 5.74) is 0. The zero-order valence-electron chi connectivity index (χ0n) is 6.70. The molecule has 0 spiro atoms. The van der Waals surface area contributed by atoms with E-state index in [9.17, 15) is 9.59 Å². The summed E-state index contributed by atoms with van der Waals surface area (Å²) in [4.78, 5) is 20.2. The fourth-order valence-electron chi connectivity index (χ4n) is 1.38. The van der Waals surface area contributed by atoms with Crippen LogP contribution >= 0.6 is 11.6 Å². The molecular formula is C7H9ClO4. The first-order chi connectivity index (χ1) is 5.46. The normalized spacial score (nSPS) is 38.9. The van der Waals surface area contributed by atoms with Gasteiger partial charge in [-0.1, -0.05) is 6.92 Å². The molecule has 0 aromatic heterocycles. The molecule has 0 aromatic rings. The van der Waals surface area contributed by atoms with Crippen molar-refractivity contribution in [3.63, 3.8) is 0 Å². The summed E-state index contributed by atoms with van der Waals surface area (Å²) in [6.07, 6.45) is 0. The second kappa shape index (κ2) is 2.62. The van der Waals surface area contributed by atoms with Crippen LogP contribution in [0.15, 0.2) is 0 Å². The molecule has 1 aliphatic rings. The number of ether oxygens (including phenoxy) is 1. The number of rotatable bonds is 2. The average molecular weight is 193 g/mol. The molecule has 0 amide bonds. The third kappa shape index (κ3) is 0.982. The molecule has 0 saturated heterocycles. The van der Waals surface area contributed by atoms with Gasteiger partial charge in [0.15, 0.2) is 4.87 Å². The van der Waals surface area contributed by atoms with Crippen LogP contribution < -0.4 is 0 Å². The van der Waals surface area contributed by atoms with Gasteiger partial charge in [-0.3, -0.25) is 9.59 Å². The van der Waals surface area contributed by atoms with Crippen LogP contribution in [0, 0.1) is 11.8 Å². The van der Waals surface area contributed by atoms with Crippen LogP contribution in [0.2, 0.25) is 0 Å². The molecule has 5 heteroatoms. The Labute approximate surface area is 74.5 Å². The molecule has 0 heterocycles. The van der Waals surface area contributed by atoms with Gasteiger partial charge in [0.1, 0.15) is 0 Å². The van der Waals surface area contributed by atoms with Gasteiger partial charge < -0.3 is 9.84 Å². The number of carboxylic acids is 1. The Kier molecular flexibility index (Phi) is 2.04. The Balaban J connectivity index is 2.78. The van der Waals surface area contributed by atoms with Gasteiger partial charge in [-0.15, -0.1) is 11.6 Å². The predicted octanol–water partition coefficient (Wildman–Crippen LogP) is 0.487. The molecule has 1 aliphatic carbocycles. The van der Waals surface area contributed by atoms with Crippen LogP contribution in [0.3, 0.4) is 0 Å². The maximum absolute atomic E-state index is 11.0. The van der Waals surface area contributed by atoms with Crippen molar-refractivity contribution in [2.45, 2.75) is 11.8 Å². The molecule has 1 N–H and O–H groups in total. The summed E-state index contributed by atoms with van der Waals surface area (Å²) in [5, 5.41) is 8.61. The summed E-state index contributed by atoms with van der Waals surface area (Å²) < 4.78 is 4.39. The molecule has 3 unspecified atom stereocenters. The first kappa shape index (κ1) is 9.32. The van der Waals surface area contributed by atoms with Crippen LogP contribution in [0.25, 0.3) is 0 Å². The molecule has 0 bridgehead atoms. The Morgan fingerprint density at radius 3 is 2.33 bits per heavy atom. The number of carbonyl (C=O) groups is 2. The predicted molar refractivity (Wildman–Crippen MR) is 40.9 cm³/mol. The van der Waals surface area contributed by atoms with Crippen LogP contribution in [-0.4, -0.2) is 29.0 Å². The molecule has 4 nitrogen and oxygen atoms in total. The van der Waals surface area contributed by atoms with Crippen molar-refractivity contribution >= 4 is 23.5 Å². The van der Waals surface area contributed by atoms with Crippen molar-refractivity contribution in [2.24, 2.45) is 11.8 Å². The summed E-state index contributed by atoms with van der Waals surface area (Å²) in [7, 11) is 1.19. The largest absolute Gasteiger partial charge is 0.481 e. The highest BCUT2D eigenvalue weighted by molar-refractivity contribution is 6.39. The van der Waals surface area contributed by atoms with E-state index in [0.29, 0.717) is 0 Å². The number of methoxy groups -OCH3 is 1. The van der Waals surface area contributed by atoms with E-state index in [4.69, 9.17) is 16.7 Å². The van der Waals surface area contributed by atoms with Crippen LogP contribution in [0.4, 0.5) is 0 Å². The summed E-state index contributed by atoms with van der Waals surface area (Å²) in [6, 6.07) is 0. The highest BCUT2D eigenvalue weighted by Crippen LogP contribution is 2.56. The maximum atomic E-state index is 11.0. The lowest BCUT2D eigenvalue weighted by molar-refractivity contribution is -0.145. The molecule has 1 fully saturated rings. The fourth-order valence-corrected chi connectivity index (χ4v) is 1.81. The summed E-state index contributed by atoms with van der Waals surface area (Å²) in [6.45, 7) is 1.61. The zero-order chi connectivity index (χ0) is 9.52. The lowest BCUT2D eigenvalue weighted by Gasteiger charge is -2.03. The number of aliphatic carboxylic acids is 1. The molecule has 0 aliphatic heterocycles. The average Bonchev–Trinajstić information content (AvgIpc) is 2.55.